The second-order valence-electron chi connectivity index (χ2n) is 15.7. The summed E-state index contributed by atoms with van der Waals surface area (Å²) in [4.78, 5) is 25.4. The highest BCUT2D eigenvalue weighted by atomic mass is 32.1. The minimum Gasteiger partial charge on any atom is -0.252 e. The van der Waals surface area contributed by atoms with E-state index >= 15 is 0 Å². The van der Waals surface area contributed by atoms with Gasteiger partial charge in [-0.25, -0.2) is 0 Å². The Kier molecular flexibility index (Phi) is 12.7. The van der Waals surface area contributed by atoms with Crippen LogP contribution in [-0.4, -0.2) is 27.5 Å². The first kappa shape index (κ1) is 42.1. The summed E-state index contributed by atoms with van der Waals surface area (Å²) in [6.45, 7) is 8.95. The van der Waals surface area contributed by atoms with Crippen LogP contribution in [-0.2, 0) is 12.8 Å². The third-order valence-corrected chi connectivity index (χ3v) is 19.8. The highest BCUT2D eigenvalue weighted by Crippen LogP contribution is 2.48. The highest BCUT2D eigenvalue weighted by Gasteiger charge is 2.23. The number of hydrogen-bond donors (Lipinski definition) is 0. The average Bonchev–Trinajstić information content (AvgIpc) is 4.13. The molecule has 0 aromatic carbocycles. The Morgan fingerprint density at radius 2 is 0.806 bits per heavy atom. The quantitative estimate of drug-likeness (QED) is 0.0846. The molecule has 0 bridgehead atoms. The van der Waals surface area contributed by atoms with Crippen LogP contribution in [0, 0.1) is 13.8 Å². The molecule has 0 aliphatic rings. The molecule has 0 amide bonds. The zero-order chi connectivity index (χ0) is 42.2. The SMILES string of the molecule is CCCCCCc1ccc(-c2ccc(-c3ncc(-c4cc(C)c(-c5sc(-c6cnc(-c7ccc(-c8ccc(CCCCCC)s8)s7)c7nsnc67)cc5C)s4)c4nsnc34)s2)s1. The van der Waals surface area contributed by atoms with E-state index < -0.39 is 0 Å². The summed E-state index contributed by atoms with van der Waals surface area (Å²) in [5, 5.41) is 0. The molecule has 0 aliphatic carbocycles. The van der Waals surface area contributed by atoms with Crippen LogP contribution in [0.4, 0.5) is 0 Å². The zero-order valence-electron chi connectivity index (χ0n) is 34.9. The van der Waals surface area contributed by atoms with Crippen LogP contribution < -0.4 is 0 Å². The maximum Gasteiger partial charge on any atom is 0.132 e. The molecule has 0 atom stereocenters. The smallest absolute Gasteiger partial charge is 0.132 e. The van der Waals surface area contributed by atoms with Gasteiger partial charge in [-0.1, -0.05) is 52.4 Å². The van der Waals surface area contributed by atoms with E-state index in [2.05, 4.69) is 88.4 Å². The summed E-state index contributed by atoms with van der Waals surface area (Å²) in [5.74, 6) is 0. The van der Waals surface area contributed by atoms with Crippen LogP contribution >= 0.6 is 91.5 Å². The number of hydrogen-bond acceptors (Lipinski definition) is 14. The second kappa shape index (κ2) is 18.7. The van der Waals surface area contributed by atoms with Gasteiger partial charge < -0.3 is 0 Å². The summed E-state index contributed by atoms with van der Waals surface area (Å²) >= 11 is 13.6. The molecule has 0 N–H and O–H groups in total. The minimum absolute atomic E-state index is 0.871. The Labute approximate surface area is 394 Å². The molecule has 14 heteroatoms. The Morgan fingerprint density at radius 1 is 0.403 bits per heavy atom. The Morgan fingerprint density at radius 3 is 1.26 bits per heavy atom. The van der Waals surface area contributed by atoms with Crippen molar-refractivity contribution in [2.24, 2.45) is 0 Å². The van der Waals surface area contributed by atoms with E-state index in [4.69, 9.17) is 27.5 Å². The van der Waals surface area contributed by atoms with Gasteiger partial charge in [-0.2, -0.15) is 17.5 Å². The first-order valence-corrected chi connectivity index (χ1v) is 27.6. The molecule has 0 aliphatic heterocycles. The van der Waals surface area contributed by atoms with Crippen LogP contribution in [0.3, 0.4) is 0 Å². The van der Waals surface area contributed by atoms with Crippen molar-refractivity contribution in [2.45, 2.75) is 91.9 Å². The highest BCUT2D eigenvalue weighted by molar-refractivity contribution is 7.26. The largest absolute Gasteiger partial charge is 0.252 e. The second-order valence-corrected chi connectivity index (χ2v) is 23.4. The van der Waals surface area contributed by atoms with Crippen molar-refractivity contribution in [3.8, 4) is 71.3 Å². The Hall–Kier alpha value is -3.86. The van der Waals surface area contributed by atoms with Gasteiger partial charge in [0.15, 0.2) is 0 Å². The van der Waals surface area contributed by atoms with E-state index in [1.807, 2.05) is 35.1 Å². The van der Waals surface area contributed by atoms with Crippen LogP contribution in [0.2, 0.25) is 0 Å². The van der Waals surface area contributed by atoms with Gasteiger partial charge in [-0.15, -0.1) is 68.0 Å². The van der Waals surface area contributed by atoms with Crippen molar-refractivity contribution < 1.29 is 0 Å². The Balaban J connectivity index is 0.889. The molecular formula is C48H44N6S8. The first-order valence-electron chi connectivity index (χ1n) is 21.3. The average molecular weight is 961 g/mol. The molecule has 10 rings (SSSR count). The standard InChI is InChI=1S/C48H44N6S8/c1-5-7-9-11-13-29-15-17-33(55-29)35-19-21-37(57-35)43-45-41(51-61-53-45)31(25-49-43)39-23-27(3)47(59-39)48-28(4)24-40(60-48)32-26-50-44(46-42(32)52-62-54-46)38-22-20-36(58-38)34-18-16-30(56-34)14-12-10-8-6-2/h15-26H,5-14H2,1-4H3. The number of nitrogens with zero attached hydrogens (tertiary/aromatic N) is 6. The van der Waals surface area contributed by atoms with Crippen molar-refractivity contribution in [3.63, 3.8) is 0 Å². The fourth-order valence-electron chi connectivity index (χ4n) is 7.88. The van der Waals surface area contributed by atoms with Crippen LogP contribution in [0.1, 0.15) is 86.1 Å². The number of pyridine rings is 2. The van der Waals surface area contributed by atoms with Gasteiger partial charge in [0.05, 0.1) is 33.2 Å². The lowest BCUT2D eigenvalue weighted by Gasteiger charge is -2.03. The normalized spacial score (nSPS) is 11.9. The van der Waals surface area contributed by atoms with Crippen molar-refractivity contribution in [3.05, 3.63) is 93.9 Å². The van der Waals surface area contributed by atoms with Gasteiger partial charge in [-0.05, 0) is 111 Å². The summed E-state index contributed by atoms with van der Waals surface area (Å²) in [5.41, 5.74) is 9.92. The molecule has 0 unspecified atom stereocenters. The molecule has 6 nitrogen and oxygen atoms in total. The van der Waals surface area contributed by atoms with Crippen LogP contribution in [0.15, 0.2) is 73.1 Å². The first-order chi connectivity index (χ1) is 30.4. The summed E-state index contributed by atoms with van der Waals surface area (Å²) < 4.78 is 19.3. The van der Waals surface area contributed by atoms with Gasteiger partial charge >= 0.3 is 0 Å². The molecule has 10 aromatic rings. The summed E-state index contributed by atoms with van der Waals surface area (Å²) in [6, 6.07) is 22.6. The molecular weight excluding hydrogens is 917 g/mol. The van der Waals surface area contributed by atoms with Gasteiger partial charge in [0, 0.05) is 72.3 Å². The lowest BCUT2D eigenvalue weighted by Crippen LogP contribution is -1.86. The van der Waals surface area contributed by atoms with E-state index in [-0.39, 0.29) is 0 Å². The molecule has 0 saturated carbocycles. The predicted molar refractivity (Wildman–Crippen MR) is 274 cm³/mol. The molecule has 62 heavy (non-hydrogen) atoms. The van der Waals surface area contributed by atoms with E-state index in [0.29, 0.717) is 0 Å². The predicted octanol–water partition coefficient (Wildman–Crippen LogP) is 17.4. The van der Waals surface area contributed by atoms with E-state index in [9.17, 15) is 0 Å². The molecule has 0 fully saturated rings. The molecule has 0 saturated heterocycles. The summed E-state index contributed by atoms with van der Waals surface area (Å²) in [6.07, 6.45) is 16.7. The third-order valence-electron chi connectivity index (χ3n) is 11.2. The minimum atomic E-state index is 0.871. The molecule has 314 valence electrons. The number of aryl methyl sites for hydroxylation is 4. The Bertz CT molecular complexity index is 2920. The van der Waals surface area contributed by atoms with Gasteiger partial charge in [0.1, 0.15) is 33.5 Å². The molecule has 10 aromatic heterocycles. The maximum atomic E-state index is 5.06. The van der Waals surface area contributed by atoms with Crippen molar-refractivity contribution >= 4 is 114 Å². The number of rotatable bonds is 17. The van der Waals surface area contributed by atoms with E-state index in [1.54, 1.807) is 45.3 Å². The fraction of sp³-hybridized carbons (Fsp3) is 0.292. The van der Waals surface area contributed by atoms with Crippen LogP contribution in [0.25, 0.3) is 93.4 Å². The summed E-state index contributed by atoms with van der Waals surface area (Å²) in [7, 11) is 0. The number of aromatic nitrogens is 6. The molecule has 0 radical (unpaired) electrons. The number of thiophene rings is 6. The third kappa shape index (κ3) is 8.45. The van der Waals surface area contributed by atoms with E-state index in [1.165, 1.54) is 138 Å². The molecule has 0 spiro atoms. The monoisotopic (exact) mass is 960 g/mol. The van der Waals surface area contributed by atoms with Crippen molar-refractivity contribution in [2.75, 3.05) is 0 Å². The van der Waals surface area contributed by atoms with Gasteiger partial charge in [0.2, 0.25) is 0 Å². The zero-order valence-corrected chi connectivity index (χ0v) is 41.5. The number of fused-ring (bicyclic) bond motifs is 2. The fourth-order valence-corrected chi connectivity index (χ4v) is 15.9. The number of unbranched alkanes of at least 4 members (excludes halogenated alkanes) is 6. The van der Waals surface area contributed by atoms with Crippen molar-refractivity contribution in [1.29, 1.82) is 0 Å². The molecule has 10 heterocycles. The van der Waals surface area contributed by atoms with Gasteiger partial charge in [-0.3, -0.25) is 9.97 Å². The topological polar surface area (TPSA) is 77.3 Å². The van der Waals surface area contributed by atoms with Gasteiger partial charge in [0.25, 0.3) is 0 Å². The maximum absolute atomic E-state index is 5.06. The lowest BCUT2D eigenvalue weighted by molar-refractivity contribution is 0.670. The van der Waals surface area contributed by atoms with Crippen LogP contribution in [0.5, 0.6) is 0 Å². The lowest BCUT2D eigenvalue weighted by atomic mass is 10.1. The van der Waals surface area contributed by atoms with Crippen molar-refractivity contribution in [1.82, 2.24) is 27.5 Å². The van der Waals surface area contributed by atoms with E-state index in [0.717, 1.165) is 64.1 Å².